The van der Waals surface area contributed by atoms with E-state index in [9.17, 15) is 27.2 Å². The lowest BCUT2D eigenvalue weighted by Gasteiger charge is -2.17. The largest absolute Gasteiger partial charge is 0.487 e. The molecule has 0 atom stereocenters. The molecular formula is C28H24Cl3F4N5O3. The Kier molecular flexibility index (Phi) is 9.63. The molecule has 3 aromatic carbocycles. The van der Waals surface area contributed by atoms with Crippen molar-refractivity contribution in [1.82, 2.24) is 14.9 Å². The van der Waals surface area contributed by atoms with E-state index in [1.165, 1.54) is 36.4 Å². The van der Waals surface area contributed by atoms with E-state index in [1.807, 2.05) is 0 Å². The van der Waals surface area contributed by atoms with E-state index in [2.05, 4.69) is 15.6 Å². The number of carbonyl (C=O) groups is 2. The van der Waals surface area contributed by atoms with E-state index in [4.69, 9.17) is 45.3 Å². The van der Waals surface area contributed by atoms with Gasteiger partial charge in [-0.25, -0.2) is 22.5 Å². The third kappa shape index (κ3) is 7.43. The second kappa shape index (κ2) is 12.9. The first-order valence-corrected chi connectivity index (χ1v) is 13.7. The van der Waals surface area contributed by atoms with E-state index in [-0.39, 0.29) is 56.6 Å². The van der Waals surface area contributed by atoms with Gasteiger partial charge in [-0.05, 0) is 49.2 Å². The van der Waals surface area contributed by atoms with Crippen LogP contribution in [0.4, 0.5) is 29.2 Å². The molecule has 0 aliphatic heterocycles. The van der Waals surface area contributed by atoms with Crippen LogP contribution in [0.2, 0.25) is 15.1 Å². The fourth-order valence-corrected chi connectivity index (χ4v) is 4.77. The lowest BCUT2D eigenvalue weighted by Crippen LogP contribution is -2.38. The first-order chi connectivity index (χ1) is 20.1. The Balaban J connectivity index is 1.83. The molecule has 228 valence electrons. The zero-order chi connectivity index (χ0) is 31.6. The minimum Gasteiger partial charge on any atom is -0.487 e. The highest BCUT2D eigenvalue weighted by molar-refractivity contribution is 6.39. The number of hydrogen-bond acceptors (Lipinski definition) is 5. The van der Waals surface area contributed by atoms with E-state index in [1.54, 1.807) is 10.6 Å². The fraction of sp³-hybridized carbons (Fsp3) is 0.250. The molecule has 0 aliphatic rings. The summed E-state index contributed by atoms with van der Waals surface area (Å²) in [6, 6.07) is 9.73. The average molecular weight is 661 g/mol. The number of hydrogen-bond donors (Lipinski definition) is 3. The third-order valence-electron chi connectivity index (χ3n) is 6.19. The third-order valence-corrected chi connectivity index (χ3v) is 7.23. The Bertz CT molecular complexity index is 1710. The van der Waals surface area contributed by atoms with Crippen molar-refractivity contribution in [2.75, 3.05) is 11.9 Å². The maximum absolute atomic E-state index is 14.0. The lowest BCUT2D eigenvalue weighted by molar-refractivity contribution is -0.130. The van der Waals surface area contributed by atoms with Crippen LogP contribution in [0.1, 0.15) is 35.3 Å². The van der Waals surface area contributed by atoms with Crippen LogP contribution >= 0.6 is 34.8 Å². The molecule has 0 radical (unpaired) electrons. The fourth-order valence-electron chi connectivity index (χ4n) is 4.04. The molecule has 0 aliphatic carbocycles. The summed E-state index contributed by atoms with van der Waals surface area (Å²) in [7, 11) is 0. The number of ether oxygens (including phenoxy) is 1. The summed E-state index contributed by atoms with van der Waals surface area (Å²) in [5, 5.41) is 5.62. The van der Waals surface area contributed by atoms with Gasteiger partial charge in [0, 0.05) is 12.6 Å². The van der Waals surface area contributed by atoms with Gasteiger partial charge in [-0.1, -0.05) is 46.9 Å². The first kappa shape index (κ1) is 32.2. The standard InChI is InChI=1S/C28H24Cl3F4N5O3/c1-28(2,35)26(42)37-10-14-4-5-16(29)24(23(14)31)39-27-38-19-8-15(25(36)41)21(43-12-22(33)34)9-20(19)40(27)11-13-3-6-18(32)17(30)7-13/h3-9,22H,10-12H2,1-2H3,(H2,36,41)(H,37,42)(H,38,39). The predicted molar refractivity (Wildman–Crippen MR) is 157 cm³/mol. The SMILES string of the molecule is CC(C)(F)C(=O)NCc1ccc(Cl)c(Nc2nc3cc(C(N)=O)c(OCC(F)F)cc3n2Cc2ccc(F)c(Cl)c2)c1Cl. The van der Waals surface area contributed by atoms with Crippen molar-refractivity contribution < 1.29 is 31.9 Å². The molecule has 0 spiro atoms. The number of aromatic nitrogens is 2. The van der Waals surface area contributed by atoms with Crippen molar-refractivity contribution in [3.05, 3.63) is 80.0 Å². The maximum atomic E-state index is 14.0. The maximum Gasteiger partial charge on any atom is 0.272 e. The molecule has 0 bridgehead atoms. The van der Waals surface area contributed by atoms with Crippen LogP contribution in [0, 0.1) is 5.82 Å². The number of fused-ring (bicyclic) bond motifs is 1. The monoisotopic (exact) mass is 659 g/mol. The van der Waals surface area contributed by atoms with Gasteiger partial charge in [-0.15, -0.1) is 0 Å². The van der Waals surface area contributed by atoms with Gasteiger partial charge in [-0.3, -0.25) is 9.59 Å². The van der Waals surface area contributed by atoms with Crippen molar-refractivity contribution in [2.24, 2.45) is 5.73 Å². The number of imidazole rings is 1. The van der Waals surface area contributed by atoms with Crippen molar-refractivity contribution in [3.8, 4) is 5.75 Å². The van der Waals surface area contributed by atoms with E-state index in [0.717, 1.165) is 13.8 Å². The number of nitrogens with two attached hydrogens (primary N) is 1. The normalized spacial score (nSPS) is 11.7. The molecule has 0 saturated carbocycles. The van der Waals surface area contributed by atoms with Crippen LogP contribution < -0.4 is 21.1 Å². The Morgan fingerprint density at radius 3 is 2.44 bits per heavy atom. The Morgan fingerprint density at radius 1 is 1.09 bits per heavy atom. The smallest absolute Gasteiger partial charge is 0.272 e. The number of alkyl halides is 3. The molecule has 8 nitrogen and oxygen atoms in total. The lowest BCUT2D eigenvalue weighted by atomic mass is 10.1. The summed E-state index contributed by atoms with van der Waals surface area (Å²) in [5.74, 6) is -2.49. The molecular weight excluding hydrogens is 637 g/mol. The van der Waals surface area contributed by atoms with Crippen LogP contribution in [-0.2, 0) is 17.9 Å². The Labute approximate surface area is 258 Å². The van der Waals surface area contributed by atoms with Gasteiger partial charge in [0.1, 0.15) is 18.2 Å². The molecule has 15 heteroatoms. The van der Waals surface area contributed by atoms with Crippen molar-refractivity contribution >= 4 is 69.3 Å². The summed E-state index contributed by atoms with van der Waals surface area (Å²) < 4.78 is 60.5. The number of nitrogens with zero attached hydrogens (tertiary/aromatic N) is 2. The highest BCUT2D eigenvalue weighted by Gasteiger charge is 2.27. The topological polar surface area (TPSA) is 111 Å². The zero-order valence-corrected chi connectivity index (χ0v) is 24.9. The van der Waals surface area contributed by atoms with Crippen molar-refractivity contribution in [3.63, 3.8) is 0 Å². The molecule has 2 amide bonds. The van der Waals surface area contributed by atoms with Crippen molar-refractivity contribution in [2.45, 2.75) is 39.0 Å². The first-order valence-electron chi connectivity index (χ1n) is 12.6. The van der Waals surface area contributed by atoms with Crippen LogP contribution in [0.5, 0.6) is 5.75 Å². The van der Waals surface area contributed by atoms with Crippen molar-refractivity contribution in [1.29, 1.82) is 0 Å². The quantitative estimate of drug-likeness (QED) is 0.150. The molecule has 1 heterocycles. The average Bonchev–Trinajstić information content (AvgIpc) is 3.25. The number of halogens is 7. The summed E-state index contributed by atoms with van der Waals surface area (Å²) in [6.45, 7) is 1.15. The summed E-state index contributed by atoms with van der Waals surface area (Å²) >= 11 is 19.1. The molecule has 4 rings (SSSR count). The second-order valence-corrected chi connectivity index (χ2v) is 11.0. The number of rotatable bonds is 11. The molecule has 0 unspecified atom stereocenters. The molecule has 0 fully saturated rings. The summed E-state index contributed by atoms with van der Waals surface area (Å²) in [4.78, 5) is 28.7. The van der Waals surface area contributed by atoms with Gasteiger partial charge in [-0.2, -0.15) is 0 Å². The van der Waals surface area contributed by atoms with E-state index < -0.39 is 36.3 Å². The highest BCUT2D eigenvalue weighted by atomic mass is 35.5. The molecule has 1 aromatic heterocycles. The Morgan fingerprint density at radius 2 is 1.81 bits per heavy atom. The second-order valence-electron chi connectivity index (χ2n) is 9.85. The molecule has 0 saturated heterocycles. The zero-order valence-electron chi connectivity index (χ0n) is 22.6. The van der Waals surface area contributed by atoms with Gasteiger partial charge in [0.05, 0.1) is 43.9 Å². The van der Waals surface area contributed by atoms with Gasteiger partial charge in [0.25, 0.3) is 18.2 Å². The van der Waals surface area contributed by atoms with E-state index >= 15 is 0 Å². The highest BCUT2D eigenvalue weighted by Crippen LogP contribution is 2.37. The van der Waals surface area contributed by atoms with Gasteiger partial charge < -0.3 is 25.7 Å². The number of benzene rings is 3. The number of nitrogens with one attached hydrogen (secondary N) is 2. The number of amides is 2. The summed E-state index contributed by atoms with van der Waals surface area (Å²) in [5.41, 5.74) is 4.82. The van der Waals surface area contributed by atoms with Crippen LogP contribution in [0.15, 0.2) is 42.5 Å². The van der Waals surface area contributed by atoms with Crippen LogP contribution in [-0.4, -0.2) is 40.1 Å². The summed E-state index contributed by atoms with van der Waals surface area (Å²) in [6.07, 6.45) is -2.82. The van der Waals surface area contributed by atoms with E-state index in [0.29, 0.717) is 16.6 Å². The Hall–Kier alpha value is -3.74. The number of carbonyl (C=O) groups excluding carboxylic acids is 2. The van der Waals surface area contributed by atoms with Crippen LogP contribution in [0.3, 0.4) is 0 Å². The predicted octanol–water partition coefficient (Wildman–Crippen LogP) is 7.03. The molecule has 43 heavy (non-hydrogen) atoms. The minimum atomic E-state index is -2.82. The van der Waals surface area contributed by atoms with Gasteiger partial charge in [0.15, 0.2) is 5.67 Å². The molecule has 4 N–H and O–H groups in total. The minimum absolute atomic E-state index is 0.0274. The number of anilines is 2. The van der Waals surface area contributed by atoms with Crippen LogP contribution in [0.25, 0.3) is 11.0 Å². The van der Waals surface area contributed by atoms with Gasteiger partial charge >= 0.3 is 0 Å². The molecule has 4 aromatic rings. The van der Waals surface area contributed by atoms with Gasteiger partial charge in [0.2, 0.25) is 5.95 Å². The number of primary amides is 1.